The second-order valence-electron chi connectivity index (χ2n) is 8.84. The second kappa shape index (κ2) is 12.1. The van der Waals surface area contributed by atoms with Crippen LogP contribution in [0.15, 0.2) is 59.7 Å². The number of rotatable bonds is 6. The third-order valence-corrected chi connectivity index (χ3v) is 6.34. The maximum atomic E-state index is 15.1. The monoisotopic (exact) mass is 521 g/mol. The van der Waals surface area contributed by atoms with Gasteiger partial charge in [0.2, 0.25) is 5.91 Å². The van der Waals surface area contributed by atoms with Crippen molar-refractivity contribution in [3.05, 3.63) is 77.5 Å². The van der Waals surface area contributed by atoms with E-state index >= 15 is 8.78 Å². The summed E-state index contributed by atoms with van der Waals surface area (Å²) in [4.78, 5) is 45.9. The summed E-state index contributed by atoms with van der Waals surface area (Å²) in [5.41, 5.74) is 4.60. The summed E-state index contributed by atoms with van der Waals surface area (Å²) in [6, 6.07) is 10.2. The van der Waals surface area contributed by atoms with Crippen LogP contribution in [0.3, 0.4) is 0 Å². The van der Waals surface area contributed by atoms with Crippen molar-refractivity contribution < 1.29 is 23.2 Å². The molecule has 0 spiro atoms. The molecule has 10 heteroatoms. The molecule has 1 fully saturated rings. The number of urea groups is 1. The molecular formula is C28H29F2N5O3. The third-order valence-electron chi connectivity index (χ3n) is 6.34. The standard InChI is InChI=1S/C28H29F2N5O3/c1-28(12-16-36)26(37)34(19-22(32-2)11-13-31)14-15-35(28)27(38)33(3)25-23(29)17-21(18-24(25)30)10-9-20-7-5-4-6-8-20/h4-8,11,13,16-18H,12,14-15,19,31H2,1-3H3. The van der Waals surface area contributed by atoms with Crippen molar-refractivity contribution >= 4 is 29.6 Å². The minimum Gasteiger partial charge on any atom is -0.405 e. The van der Waals surface area contributed by atoms with Gasteiger partial charge in [-0.3, -0.25) is 14.7 Å². The lowest BCUT2D eigenvalue weighted by atomic mass is 9.91. The molecule has 2 N–H and O–H groups in total. The van der Waals surface area contributed by atoms with Gasteiger partial charge >= 0.3 is 6.03 Å². The van der Waals surface area contributed by atoms with Gasteiger partial charge in [-0.25, -0.2) is 13.6 Å². The van der Waals surface area contributed by atoms with Gasteiger partial charge in [-0.05, 0) is 43.5 Å². The SMILES string of the molecule is CN=C(C=CN)CN1CCN(C(=O)N(C)c2c(F)cc(C#Cc3ccccc3)cc2F)C(C)(CC=O)C1=O. The third kappa shape index (κ3) is 5.89. The number of nitrogens with zero attached hydrogens (tertiary/aromatic N) is 4. The number of hydrogen-bond acceptors (Lipinski definition) is 5. The number of nitrogens with two attached hydrogens (primary N) is 1. The summed E-state index contributed by atoms with van der Waals surface area (Å²) < 4.78 is 30.1. The Hall–Kier alpha value is -4.52. The first-order chi connectivity index (χ1) is 18.2. The van der Waals surface area contributed by atoms with Gasteiger partial charge in [-0.15, -0.1) is 0 Å². The summed E-state index contributed by atoms with van der Waals surface area (Å²) in [5, 5.41) is 0. The van der Waals surface area contributed by atoms with E-state index in [0.29, 0.717) is 17.6 Å². The maximum Gasteiger partial charge on any atom is 0.325 e. The first-order valence-electron chi connectivity index (χ1n) is 11.8. The highest BCUT2D eigenvalue weighted by Crippen LogP contribution is 2.30. The lowest BCUT2D eigenvalue weighted by Crippen LogP contribution is -2.68. The quantitative estimate of drug-likeness (QED) is 0.359. The predicted octanol–water partition coefficient (Wildman–Crippen LogP) is 2.96. The zero-order chi connectivity index (χ0) is 27.9. The molecular weight excluding hydrogens is 492 g/mol. The Balaban J connectivity index is 1.88. The molecule has 198 valence electrons. The zero-order valence-corrected chi connectivity index (χ0v) is 21.4. The first kappa shape index (κ1) is 28.1. The average Bonchev–Trinajstić information content (AvgIpc) is 2.89. The molecule has 1 aliphatic rings. The molecule has 0 aliphatic carbocycles. The van der Waals surface area contributed by atoms with Crippen LogP contribution in [0.2, 0.25) is 0 Å². The van der Waals surface area contributed by atoms with E-state index in [1.165, 1.54) is 30.0 Å². The minimum absolute atomic E-state index is 0.0342. The Morgan fingerprint density at radius 1 is 1.16 bits per heavy atom. The average molecular weight is 522 g/mol. The van der Waals surface area contributed by atoms with Crippen molar-refractivity contribution in [1.82, 2.24) is 9.80 Å². The van der Waals surface area contributed by atoms with Crippen LogP contribution in [0.5, 0.6) is 0 Å². The molecule has 2 aromatic carbocycles. The van der Waals surface area contributed by atoms with Crippen LogP contribution in [-0.4, -0.2) is 73.0 Å². The molecule has 0 saturated carbocycles. The molecule has 3 amide bonds. The number of amides is 3. The summed E-state index contributed by atoms with van der Waals surface area (Å²) in [7, 11) is 2.77. The van der Waals surface area contributed by atoms with E-state index in [4.69, 9.17) is 5.73 Å². The van der Waals surface area contributed by atoms with Crippen LogP contribution in [0.1, 0.15) is 24.5 Å². The van der Waals surface area contributed by atoms with Crippen LogP contribution < -0.4 is 10.6 Å². The van der Waals surface area contributed by atoms with Crippen LogP contribution in [0.4, 0.5) is 19.3 Å². The van der Waals surface area contributed by atoms with Gasteiger partial charge in [0, 0.05) is 44.7 Å². The van der Waals surface area contributed by atoms with Gasteiger partial charge in [0.1, 0.15) is 17.5 Å². The van der Waals surface area contributed by atoms with E-state index in [1.807, 2.05) is 6.07 Å². The van der Waals surface area contributed by atoms with Crippen LogP contribution >= 0.6 is 0 Å². The van der Waals surface area contributed by atoms with Crippen molar-refractivity contribution in [2.75, 3.05) is 38.6 Å². The molecule has 1 atom stereocenters. The Bertz CT molecular complexity index is 1310. The molecule has 0 radical (unpaired) electrons. The van der Waals surface area contributed by atoms with Crippen LogP contribution in [0, 0.1) is 23.5 Å². The highest BCUT2D eigenvalue weighted by molar-refractivity contribution is 6.02. The molecule has 38 heavy (non-hydrogen) atoms. The highest BCUT2D eigenvalue weighted by atomic mass is 19.1. The van der Waals surface area contributed by atoms with Crippen molar-refractivity contribution in [2.45, 2.75) is 18.9 Å². The normalized spacial score (nSPS) is 17.8. The number of halogens is 2. The molecule has 8 nitrogen and oxygen atoms in total. The molecule has 2 aromatic rings. The van der Waals surface area contributed by atoms with Gasteiger partial charge < -0.3 is 20.3 Å². The highest BCUT2D eigenvalue weighted by Gasteiger charge is 2.48. The topological polar surface area (TPSA) is 99.3 Å². The molecule has 0 bridgehead atoms. The lowest BCUT2D eigenvalue weighted by molar-refractivity contribution is -0.147. The maximum absolute atomic E-state index is 15.1. The van der Waals surface area contributed by atoms with Gasteiger partial charge in [0.15, 0.2) is 11.6 Å². The van der Waals surface area contributed by atoms with E-state index < -0.39 is 34.8 Å². The van der Waals surface area contributed by atoms with E-state index in [9.17, 15) is 14.4 Å². The predicted molar refractivity (Wildman–Crippen MR) is 142 cm³/mol. The number of anilines is 1. The number of carbonyl (C=O) groups is 3. The number of hydrogen-bond donors (Lipinski definition) is 1. The van der Waals surface area contributed by atoms with Crippen molar-refractivity contribution in [3.8, 4) is 11.8 Å². The fourth-order valence-corrected chi connectivity index (χ4v) is 4.25. The number of aldehydes is 1. The van der Waals surface area contributed by atoms with Gasteiger partial charge in [-0.1, -0.05) is 30.0 Å². The van der Waals surface area contributed by atoms with Gasteiger partial charge in [0.05, 0.1) is 12.3 Å². The van der Waals surface area contributed by atoms with Crippen molar-refractivity contribution in [2.24, 2.45) is 10.7 Å². The summed E-state index contributed by atoms with van der Waals surface area (Å²) in [5.74, 6) is 3.08. The van der Waals surface area contributed by atoms with E-state index in [1.54, 1.807) is 37.4 Å². The molecule has 1 saturated heterocycles. The number of piperazine rings is 1. The van der Waals surface area contributed by atoms with E-state index in [-0.39, 0.29) is 31.6 Å². The summed E-state index contributed by atoms with van der Waals surface area (Å²) in [6.07, 6.45) is 3.09. The minimum atomic E-state index is -1.56. The Morgan fingerprint density at radius 3 is 2.37 bits per heavy atom. The van der Waals surface area contributed by atoms with Crippen molar-refractivity contribution in [1.29, 1.82) is 0 Å². The number of aliphatic imine (C=N–C) groups is 1. The first-order valence-corrected chi connectivity index (χ1v) is 11.8. The van der Waals surface area contributed by atoms with Crippen molar-refractivity contribution in [3.63, 3.8) is 0 Å². The van der Waals surface area contributed by atoms with Gasteiger partial charge in [-0.2, -0.15) is 0 Å². The fourth-order valence-electron chi connectivity index (χ4n) is 4.25. The van der Waals surface area contributed by atoms with Crippen LogP contribution in [-0.2, 0) is 9.59 Å². The smallest absolute Gasteiger partial charge is 0.325 e. The Morgan fingerprint density at radius 2 is 1.79 bits per heavy atom. The number of carbonyl (C=O) groups excluding carboxylic acids is 3. The Labute approximate surface area is 220 Å². The molecule has 3 rings (SSSR count). The molecule has 1 heterocycles. The molecule has 1 unspecified atom stereocenters. The number of benzene rings is 2. The zero-order valence-electron chi connectivity index (χ0n) is 21.4. The largest absolute Gasteiger partial charge is 0.405 e. The van der Waals surface area contributed by atoms with E-state index in [2.05, 4.69) is 16.8 Å². The fraction of sp³-hybridized carbons (Fsp3) is 0.286. The van der Waals surface area contributed by atoms with E-state index in [0.717, 1.165) is 17.0 Å². The van der Waals surface area contributed by atoms with Gasteiger partial charge in [0.25, 0.3) is 0 Å². The Kier molecular flexibility index (Phi) is 8.97. The molecule has 1 aliphatic heterocycles. The summed E-state index contributed by atoms with van der Waals surface area (Å²) in [6.45, 7) is 1.75. The summed E-state index contributed by atoms with van der Waals surface area (Å²) >= 11 is 0. The lowest BCUT2D eigenvalue weighted by Gasteiger charge is -2.48. The second-order valence-corrected chi connectivity index (χ2v) is 8.84. The molecule has 0 aromatic heterocycles. The van der Waals surface area contributed by atoms with Crippen LogP contribution in [0.25, 0.3) is 0 Å².